The van der Waals surface area contributed by atoms with Crippen LogP contribution in [0.25, 0.3) is 0 Å². The first kappa shape index (κ1) is 9.11. The summed E-state index contributed by atoms with van der Waals surface area (Å²) in [5.41, 5.74) is 0. The van der Waals surface area contributed by atoms with Crippen LogP contribution < -0.4 is 5.32 Å². The molecular weight excluding hydrogens is 148 g/mol. The molecule has 2 atom stereocenters. The lowest BCUT2D eigenvalue weighted by molar-refractivity contribution is 0.341. The number of alkyl halides is 2. The van der Waals surface area contributed by atoms with E-state index in [9.17, 15) is 8.78 Å². The zero-order chi connectivity index (χ0) is 5.98. The van der Waals surface area contributed by atoms with Crippen LogP contribution >= 0.6 is 12.4 Å². The van der Waals surface area contributed by atoms with Crippen molar-refractivity contribution in [3.8, 4) is 0 Å². The van der Waals surface area contributed by atoms with Crippen LogP contribution in [0.1, 0.15) is 6.42 Å². The van der Waals surface area contributed by atoms with Gasteiger partial charge in [-0.3, -0.25) is 0 Å². The van der Waals surface area contributed by atoms with E-state index in [-0.39, 0.29) is 18.4 Å². The normalized spacial score (nSPS) is 34.0. The highest BCUT2D eigenvalue weighted by Crippen LogP contribution is 2.09. The molecule has 0 spiro atoms. The van der Waals surface area contributed by atoms with Gasteiger partial charge < -0.3 is 5.32 Å². The maximum atomic E-state index is 12.1. The van der Waals surface area contributed by atoms with E-state index in [1.165, 1.54) is 0 Å². The molecule has 1 saturated heterocycles. The molecule has 0 aliphatic carbocycles. The average Bonchev–Trinajstić information content (AvgIpc) is 2.14. The van der Waals surface area contributed by atoms with Gasteiger partial charge in [0.05, 0.1) is 0 Å². The lowest BCUT2D eigenvalue weighted by atomic mass is 10.2. The van der Waals surface area contributed by atoms with Crippen LogP contribution in [0.2, 0.25) is 0 Å². The van der Waals surface area contributed by atoms with Crippen LogP contribution in [-0.2, 0) is 0 Å². The second kappa shape index (κ2) is 4.01. The lowest BCUT2D eigenvalue weighted by Gasteiger charge is -1.99. The summed E-state index contributed by atoms with van der Waals surface area (Å²) in [6, 6.07) is -0.218. The standard InChI is InChI=1S/C5H9F2N.ClH/c6-2-5-1-4(7)3-8-5;/h4-5,8H,1-3H2;1H/t4-,5+;/m1./s1. The fraction of sp³-hybridized carbons (Fsp3) is 1.00. The Kier molecular flexibility index (Phi) is 4.06. The highest BCUT2D eigenvalue weighted by atomic mass is 35.5. The van der Waals surface area contributed by atoms with Crippen LogP contribution in [0.3, 0.4) is 0 Å². The Balaban J connectivity index is 0.000000640. The third kappa shape index (κ3) is 2.45. The zero-order valence-corrected chi connectivity index (χ0v) is 5.76. The van der Waals surface area contributed by atoms with Crippen LogP contribution in [0.4, 0.5) is 8.78 Å². The summed E-state index contributed by atoms with van der Waals surface area (Å²) in [6.45, 7) is -0.116. The van der Waals surface area contributed by atoms with Gasteiger partial charge in [0, 0.05) is 12.6 Å². The second-order valence-corrected chi connectivity index (χ2v) is 2.09. The van der Waals surface area contributed by atoms with E-state index in [2.05, 4.69) is 5.32 Å². The molecule has 0 aromatic rings. The minimum absolute atomic E-state index is 0. The molecule has 1 aliphatic rings. The van der Waals surface area contributed by atoms with E-state index in [0.717, 1.165) is 0 Å². The van der Waals surface area contributed by atoms with Gasteiger partial charge in [-0.05, 0) is 6.42 Å². The third-order valence-corrected chi connectivity index (χ3v) is 1.35. The van der Waals surface area contributed by atoms with Crippen molar-refractivity contribution in [1.29, 1.82) is 0 Å². The predicted octanol–water partition coefficient (Wildman–Crippen LogP) is 1.08. The van der Waals surface area contributed by atoms with Gasteiger partial charge in [-0.25, -0.2) is 8.78 Å². The quantitative estimate of drug-likeness (QED) is 0.601. The van der Waals surface area contributed by atoms with Crippen molar-refractivity contribution in [3.05, 3.63) is 0 Å². The van der Waals surface area contributed by atoms with E-state index >= 15 is 0 Å². The lowest BCUT2D eigenvalue weighted by Crippen LogP contribution is -2.22. The second-order valence-electron chi connectivity index (χ2n) is 2.09. The van der Waals surface area contributed by atoms with Crippen molar-refractivity contribution in [2.75, 3.05) is 13.2 Å². The molecule has 1 nitrogen and oxygen atoms in total. The van der Waals surface area contributed by atoms with E-state index in [0.29, 0.717) is 13.0 Å². The van der Waals surface area contributed by atoms with Gasteiger partial charge in [0.15, 0.2) is 0 Å². The van der Waals surface area contributed by atoms with Crippen molar-refractivity contribution < 1.29 is 8.78 Å². The van der Waals surface area contributed by atoms with Gasteiger partial charge in [0.25, 0.3) is 0 Å². The van der Waals surface area contributed by atoms with Gasteiger partial charge in [-0.15, -0.1) is 12.4 Å². The molecule has 56 valence electrons. The maximum Gasteiger partial charge on any atom is 0.114 e. The van der Waals surface area contributed by atoms with Crippen molar-refractivity contribution in [3.63, 3.8) is 0 Å². The van der Waals surface area contributed by atoms with Gasteiger partial charge in [-0.1, -0.05) is 0 Å². The molecule has 4 heteroatoms. The highest BCUT2D eigenvalue weighted by molar-refractivity contribution is 5.85. The number of halogens is 3. The van der Waals surface area contributed by atoms with Crippen LogP contribution in [-0.4, -0.2) is 25.4 Å². The smallest absolute Gasteiger partial charge is 0.114 e. The maximum absolute atomic E-state index is 12.1. The highest BCUT2D eigenvalue weighted by Gasteiger charge is 2.22. The Morgan fingerprint density at radius 1 is 1.56 bits per heavy atom. The first-order valence-electron chi connectivity index (χ1n) is 2.76. The molecule has 0 radical (unpaired) electrons. The van der Waals surface area contributed by atoms with Crippen LogP contribution in [0, 0.1) is 0 Å². The van der Waals surface area contributed by atoms with Crippen LogP contribution in [0.15, 0.2) is 0 Å². The Morgan fingerprint density at radius 3 is 2.44 bits per heavy atom. The van der Waals surface area contributed by atoms with Gasteiger partial charge in [-0.2, -0.15) is 0 Å². The summed E-state index contributed by atoms with van der Waals surface area (Å²) in [6.07, 6.45) is -0.480. The number of rotatable bonds is 1. The van der Waals surface area contributed by atoms with E-state index < -0.39 is 12.8 Å². The molecule has 9 heavy (non-hydrogen) atoms. The molecule has 0 bridgehead atoms. The molecule has 0 amide bonds. The molecule has 1 N–H and O–H groups in total. The third-order valence-electron chi connectivity index (χ3n) is 1.35. The van der Waals surface area contributed by atoms with Gasteiger partial charge in [0.2, 0.25) is 0 Å². The molecule has 1 rings (SSSR count). The fourth-order valence-corrected chi connectivity index (χ4v) is 0.887. The van der Waals surface area contributed by atoms with E-state index in [1.54, 1.807) is 0 Å². The summed E-state index contributed by atoms with van der Waals surface area (Å²) in [5, 5.41) is 2.71. The Morgan fingerprint density at radius 2 is 2.22 bits per heavy atom. The number of nitrogens with one attached hydrogen (secondary N) is 1. The van der Waals surface area contributed by atoms with Crippen molar-refractivity contribution in [1.82, 2.24) is 5.32 Å². The minimum Gasteiger partial charge on any atom is -0.308 e. The topological polar surface area (TPSA) is 12.0 Å². The fourth-order valence-electron chi connectivity index (χ4n) is 0.887. The molecule has 1 aliphatic heterocycles. The Labute approximate surface area is 59.2 Å². The minimum atomic E-state index is -0.823. The summed E-state index contributed by atoms with van der Waals surface area (Å²) in [7, 11) is 0. The zero-order valence-electron chi connectivity index (χ0n) is 4.94. The Bertz CT molecular complexity index is 81.4. The van der Waals surface area contributed by atoms with Crippen molar-refractivity contribution >= 4 is 12.4 Å². The van der Waals surface area contributed by atoms with Crippen molar-refractivity contribution in [2.24, 2.45) is 0 Å². The Hall–Kier alpha value is 0.110. The van der Waals surface area contributed by atoms with Gasteiger partial charge in [0.1, 0.15) is 12.8 Å². The van der Waals surface area contributed by atoms with E-state index in [1.807, 2.05) is 0 Å². The molecule has 0 aromatic heterocycles. The van der Waals surface area contributed by atoms with Crippen molar-refractivity contribution in [2.45, 2.75) is 18.6 Å². The summed E-state index contributed by atoms with van der Waals surface area (Å²) in [5.74, 6) is 0. The monoisotopic (exact) mass is 157 g/mol. The SMILES string of the molecule is Cl.FC[C@@H]1C[C@@H](F)CN1. The molecule has 0 aromatic carbocycles. The first-order chi connectivity index (χ1) is 3.83. The average molecular weight is 158 g/mol. The summed E-state index contributed by atoms with van der Waals surface area (Å²) in [4.78, 5) is 0. The van der Waals surface area contributed by atoms with Gasteiger partial charge >= 0.3 is 0 Å². The largest absolute Gasteiger partial charge is 0.308 e. The molecule has 0 unspecified atom stereocenters. The summed E-state index contributed by atoms with van der Waals surface area (Å²) < 4.78 is 23.8. The molecular formula is C5H10ClF2N. The van der Waals surface area contributed by atoms with Crippen LogP contribution in [0.5, 0.6) is 0 Å². The van der Waals surface area contributed by atoms with E-state index in [4.69, 9.17) is 0 Å². The number of hydrogen-bond acceptors (Lipinski definition) is 1. The molecule has 1 heterocycles. The molecule has 0 saturated carbocycles. The summed E-state index contributed by atoms with van der Waals surface area (Å²) >= 11 is 0. The predicted molar refractivity (Wildman–Crippen MR) is 34.5 cm³/mol. The molecule has 1 fully saturated rings. The first-order valence-corrected chi connectivity index (χ1v) is 2.76. The number of hydrogen-bond donors (Lipinski definition) is 1.